The summed E-state index contributed by atoms with van der Waals surface area (Å²) in [4.78, 5) is 12.3. The lowest BCUT2D eigenvalue weighted by Gasteiger charge is -2.43. The van der Waals surface area contributed by atoms with E-state index in [0.29, 0.717) is 5.02 Å². The zero-order chi connectivity index (χ0) is 19.7. The van der Waals surface area contributed by atoms with Crippen LogP contribution in [0.15, 0.2) is 18.2 Å². The number of rotatable bonds is 4. The minimum Gasteiger partial charge on any atom is -0.439 e. The second-order valence-electron chi connectivity index (χ2n) is 8.89. The molecular formula is C20H32ClNO3Si. The summed E-state index contributed by atoms with van der Waals surface area (Å²) in [5, 5.41) is 3.52. The largest absolute Gasteiger partial charge is 0.439 e. The number of alkyl carbamates (subject to hydrolysis) is 1. The first-order valence-electron chi connectivity index (χ1n) is 9.34. The molecule has 4 nitrogen and oxygen atoms in total. The van der Waals surface area contributed by atoms with Gasteiger partial charge in [0.25, 0.3) is 0 Å². The predicted octanol–water partition coefficient (Wildman–Crippen LogP) is 5.85. The van der Waals surface area contributed by atoms with E-state index in [1.807, 2.05) is 26.0 Å². The average molecular weight is 398 g/mol. The van der Waals surface area contributed by atoms with Crippen LogP contribution in [0.2, 0.25) is 23.2 Å². The molecule has 2 atom stereocenters. The van der Waals surface area contributed by atoms with Gasteiger partial charge in [-0.3, -0.25) is 0 Å². The van der Waals surface area contributed by atoms with Crippen LogP contribution >= 0.6 is 11.6 Å². The summed E-state index contributed by atoms with van der Waals surface area (Å²) in [7, 11) is -2.01. The van der Waals surface area contributed by atoms with Gasteiger partial charge in [-0.1, -0.05) is 44.5 Å². The van der Waals surface area contributed by atoms with Crippen molar-refractivity contribution in [2.45, 2.75) is 83.8 Å². The molecule has 1 N–H and O–H groups in total. The van der Waals surface area contributed by atoms with Crippen molar-refractivity contribution in [1.29, 1.82) is 0 Å². The number of hydrogen-bond donors (Lipinski definition) is 1. The van der Waals surface area contributed by atoms with Gasteiger partial charge in [-0.05, 0) is 56.5 Å². The third kappa shape index (κ3) is 4.81. The third-order valence-corrected chi connectivity index (χ3v) is 10.2. The van der Waals surface area contributed by atoms with Crippen molar-refractivity contribution in [2.75, 3.05) is 0 Å². The van der Waals surface area contributed by atoms with Gasteiger partial charge in [0.1, 0.15) is 0 Å². The second-order valence-corrected chi connectivity index (χ2v) is 14.1. The Balaban J connectivity index is 2.35. The summed E-state index contributed by atoms with van der Waals surface area (Å²) in [6.07, 6.45) is 0.600. The first-order valence-corrected chi connectivity index (χ1v) is 12.6. The number of nitrogens with one attached hydrogen (secondary N) is 1. The summed E-state index contributed by atoms with van der Waals surface area (Å²) < 4.78 is 12.5. The fourth-order valence-electron chi connectivity index (χ4n) is 2.95. The molecule has 0 aromatic heterocycles. The zero-order valence-electron chi connectivity index (χ0n) is 17.0. The van der Waals surface area contributed by atoms with Crippen molar-refractivity contribution in [1.82, 2.24) is 5.32 Å². The van der Waals surface area contributed by atoms with Gasteiger partial charge in [-0.15, -0.1) is 0 Å². The van der Waals surface area contributed by atoms with E-state index in [4.69, 9.17) is 20.8 Å². The highest BCUT2D eigenvalue weighted by atomic mass is 35.5. The smallest absolute Gasteiger partial charge is 0.408 e. The molecule has 0 spiro atoms. The number of hydrogen-bond acceptors (Lipinski definition) is 3. The Kier molecular flexibility index (Phi) is 6.47. The molecule has 2 rings (SSSR count). The van der Waals surface area contributed by atoms with E-state index in [2.05, 4.69) is 45.2 Å². The molecule has 0 saturated heterocycles. The van der Waals surface area contributed by atoms with Crippen molar-refractivity contribution in [3.05, 3.63) is 34.3 Å². The van der Waals surface area contributed by atoms with Gasteiger partial charge in [0.05, 0.1) is 6.10 Å². The van der Waals surface area contributed by atoms with Gasteiger partial charge >= 0.3 is 6.09 Å². The molecule has 6 heteroatoms. The molecule has 26 heavy (non-hydrogen) atoms. The topological polar surface area (TPSA) is 47.6 Å². The maximum absolute atomic E-state index is 12.3. The van der Waals surface area contributed by atoms with E-state index < -0.39 is 20.5 Å². The quantitative estimate of drug-likeness (QED) is 0.648. The van der Waals surface area contributed by atoms with Gasteiger partial charge in [-0.2, -0.15) is 0 Å². The summed E-state index contributed by atoms with van der Waals surface area (Å²) in [6.45, 7) is 14.9. The molecule has 0 heterocycles. The standard InChI is InChI=1S/C20H32ClNO3Si/c1-13(2)22-19(23)24-18-16(25-26(6,7)20(3,4)5)12-11-14-9-8-10-15(21)17(14)18/h8-10,13,16,18H,11-12H2,1-7H3,(H,22,23). The number of halogens is 1. The van der Waals surface area contributed by atoms with Crippen LogP contribution in [0.5, 0.6) is 0 Å². The average Bonchev–Trinajstić information content (AvgIpc) is 2.47. The van der Waals surface area contributed by atoms with Gasteiger partial charge in [-0.25, -0.2) is 4.79 Å². The molecule has 0 saturated carbocycles. The molecule has 0 bridgehead atoms. The number of benzene rings is 1. The number of ether oxygens (including phenoxy) is 1. The maximum atomic E-state index is 12.3. The lowest BCUT2D eigenvalue weighted by Crippen LogP contribution is -2.47. The van der Waals surface area contributed by atoms with Crippen molar-refractivity contribution >= 4 is 26.0 Å². The first kappa shape index (κ1) is 21.3. The number of carbonyl (C=O) groups is 1. The third-order valence-electron chi connectivity index (χ3n) is 5.36. The normalized spacial score (nSPS) is 20.7. The zero-order valence-corrected chi connectivity index (χ0v) is 18.7. The van der Waals surface area contributed by atoms with Crippen molar-refractivity contribution in [3.8, 4) is 0 Å². The highest BCUT2D eigenvalue weighted by molar-refractivity contribution is 6.74. The van der Waals surface area contributed by atoms with Gasteiger partial charge in [0, 0.05) is 16.6 Å². The summed E-state index contributed by atoms with van der Waals surface area (Å²) in [5.74, 6) is 0. The minimum absolute atomic E-state index is 0.0107. The Morgan fingerprint density at radius 3 is 2.54 bits per heavy atom. The van der Waals surface area contributed by atoms with Crippen LogP contribution in [0.4, 0.5) is 4.79 Å². The summed E-state index contributed by atoms with van der Waals surface area (Å²) in [5.41, 5.74) is 2.03. The molecule has 146 valence electrons. The highest BCUT2D eigenvalue weighted by Gasteiger charge is 2.44. The van der Waals surface area contributed by atoms with Crippen molar-refractivity contribution in [3.63, 3.8) is 0 Å². The fraction of sp³-hybridized carbons (Fsp3) is 0.650. The fourth-order valence-corrected chi connectivity index (χ4v) is 4.60. The van der Waals surface area contributed by atoms with Gasteiger partial charge < -0.3 is 14.5 Å². The monoisotopic (exact) mass is 397 g/mol. The van der Waals surface area contributed by atoms with Gasteiger partial charge in [0.15, 0.2) is 14.4 Å². The molecule has 1 aromatic carbocycles. The maximum Gasteiger partial charge on any atom is 0.408 e. The number of fused-ring (bicyclic) bond motifs is 1. The van der Waals surface area contributed by atoms with E-state index >= 15 is 0 Å². The predicted molar refractivity (Wildman–Crippen MR) is 109 cm³/mol. The van der Waals surface area contributed by atoms with E-state index in [1.165, 1.54) is 0 Å². The van der Waals surface area contributed by atoms with Crippen LogP contribution in [-0.2, 0) is 15.6 Å². The van der Waals surface area contributed by atoms with Crippen LogP contribution in [0, 0.1) is 0 Å². The Hall–Kier alpha value is -1.04. The number of aryl methyl sites for hydroxylation is 1. The Morgan fingerprint density at radius 2 is 1.96 bits per heavy atom. The van der Waals surface area contributed by atoms with Crippen molar-refractivity contribution in [2.24, 2.45) is 0 Å². The molecular weight excluding hydrogens is 366 g/mol. The van der Waals surface area contributed by atoms with Crippen molar-refractivity contribution < 1.29 is 14.0 Å². The minimum atomic E-state index is -2.01. The van der Waals surface area contributed by atoms with E-state index in [9.17, 15) is 4.79 Å². The number of amides is 1. The summed E-state index contributed by atoms with van der Waals surface area (Å²) in [6, 6.07) is 5.87. The molecule has 0 radical (unpaired) electrons. The Morgan fingerprint density at radius 1 is 1.31 bits per heavy atom. The van der Waals surface area contributed by atoms with Crippen LogP contribution in [0.25, 0.3) is 0 Å². The van der Waals surface area contributed by atoms with E-state index in [0.717, 1.165) is 24.0 Å². The lowest BCUT2D eigenvalue weighted by atomic mass is 9.87. The van der Waals surface area contributed by atoms with Crippen LogP contribution < -0.4 is 5.32 Å². The molecule has 1 aliphatic rings. The van der Waals surface area contributed by atoms with Crippen LogP contribution in [-0.4, -0.2) is 26.6 Å². The van der Waals surface area contributed by atoms with Crippen LogP contribution in [0.1, 0.15) is 58.3 Å². The Labute approximate surface area is 163 Å². The highest BCUT2D eigenvalue weighted by Crippen LogP contribution is 2.44. The van der Waals surface area contributed by atoms with E-state index in [-0.39, 0.29) is 17.2 Å². The molecule has 1 aromatic rings. The SMILES string of the molecule is CC(C)NC(=O)OC1c2c(Cl)cccc2CCC1O[Si](C)(C)C(C)(C)C. The van der Waals surface area contributed by atoms with Crippen LogP contribution in [0.3, 0.4) is 0 Å². The first-order chi connectivity index (χ1) is 11.9. The number of carbonyl (C=O) groups excluding carboxylic acids is 1. The molecule has 1 aliphatic carbocycles. The second kappa shape index (κ2) is 7.91. The molecule has 0 aliphatic heterocycles. The van der Waals surface area contributed by atoms with E-state index in [1.54, 1.807) is 0 Å². The molecule has 2 unspecified atom stereocenters. The summed E-state index contributed by atoms with van der Waals surface area (Å²) >= 11 is 6.50. The molecule has 0 fully saturated rings. The lowest BCUT2D eigenvalue weighted by molar-refractivity contribution is -0.00245. The van der Waals surface area contributed by atoms with Gasteiger partial charge in [0.2, 0.25) is 0 Å². The molecule has 1 amide bonds. The Bertz CT molecular complexity index is 655.